The molecule has 0 spiro atoms. The van der Waals surface area contributed by atoms with Gasteiger partial charge in [-0.15, -0.1) is 0 Å². The summed E-state index contributed by atoms with van der Waals surface area (Å²) in [6.45, 7) is 12.9. The molecule has 2 heteroatoms. The lowest BCUT2D eigenvalue weighted by Crippen LogP contribution is -2.52. The molecule has 0 aromatic heterocycles. The van der Waals surface area contributed by atoms with Crippen LogP contribution in [0.2, 0.25) is 0 Å². The SMILES string of the molecule is CC(C)SC1(C)CC(C)(C(=O)C(C)C)C1. The lowest BCUT2D eigenvalue weighted by Gasteiger charge is -2.53. The smallest absolute Gasteiger partial charge is 0.141 e. The summed E-state index contributed by atoms with van der Waals surface area (Å²) >= 11 is 2.02. The van der Waals surface area contributed by atoms with Gasteiger partial charge in [-0.2, -0.15) is 11.8 Å². The van der Waals surface area contributed by atoms with Gasteiger partial charge in [0.1, 0.15) is 5.78 Å². The van der Waals surface area contributed by atoms with Gasteiger partial charge in [-0.1, -0.05) is 41.5 Å². The lowest BCUT2D eigenvalue weighted by atomic mass is 9.59. The maximum absolute atomic E-state index is 12.0. The highest BCUT2D eigenvalue weighted by Crippen LogP contribution is 2.57. The molecule has 1 aliphatic rings. The Hall–Kier alpha value is 0.0200. The summed E-state index contributed by atoms with van der Waals surface area (Å²) in [6, 6.07) is 0. The first kappa shape index (κ1) is 13.1. The second kappa shape index (κ2) is 4.12. The zero-order valence-electron chi connectivity index (χ0n) is 10.9. The maximum atomic E-state index is 12.0. The number of thioether (sulfide) groups is 1. The van der Waals surface area contributed by atoms with Crippen LogP contribution in [0.3, 0.4) is 0 Å². The molecule has 0 amide bonds. The van der Waals surface area contributed by atoms with Crippen LogP contribution in [0.25, 0.3) is 0 Å². The number of hydrogen-bond acceptors (Lipinski definition) is 2. The van der Waals surface area contributed by atoms with E-state index in [0.29, 0.717) is 15.8 Å². The fourth-order valence-electron chi connectivity index (χ4n) is 3.12. The molecule has 1 rings (SSSR count). The Morgan fingerprint density at radius 2 is 1.60 bits per heavy atom. The van der Waals surface area contributed by atoms with E-state index < -0.39 is 0 Å². The lowest BCUT2D eigenvalue weighted by molar-refractivity contribution is -0.136. The van der Waals surface area contributed by atoms with E-state index in [4.69, 9.17) is 0 Å². The van der Waals surface area contributed by atoms with Gasteiger partial charge in [0, 0.05) is 16.1 Å². The predicted octanol–water partition coefficient (Wildman–Crippen LogP) is 3.91. The highest BCUT2D eigenvalue weighted by molar-refractivity contribution is 8.01. The van der Waals surface area contributed by atoms with E-state index in [1.807, 2.05) is 25.6 Å². The molecule has 88 valence electrons. The first-order valence-corrected chi connectivity index (χ1v) is 6.79. The normalized spacial score (nSPS) is 35.7. The van der Waals surface area contributed by atoms with Crippen LogP contribution in [-0.4, -0.2) is 15.8 Å². The zero-order valence-corrected chi connectivity index (χ0v) is 11.7. The first-order valence-electron chi connectivity index (χ1n) is 5.91. The Morgan fingerprint density at radius 1 is 1.13 bits per heavy atom. The zero-order chi connectivity index (χ0) is 11.9. The summed E-state index contributed by atoms with van der Waals surface area (Å²) in [5.74, 6) is 0.632. The molecule has 15 heavy (non-hydrogen) atoms. The van der Waals surface area contributed by atoms with Crippen LogP contribution in [0.1, 0.15) is 54.4 Å². The van der Waals surface area contributed by atoms with E-state index >= 15 is 0 Å². The summed E-state index contributed by atoms with van der Waals surface area (Å²) in [4.78, 5) is 12.0. The molecule has 0 saturated heterocycles. The van der Waals surface area contributed by atoms with Crippen molar-refractivity contribution in [1.29, 1.82) is 0 Å². The van der Waals surface area contributed by atoms with Crippen molar-refractivity contribution in [3.8, 4) is 0 Å². The Kier molecular flexibility index (Phi) is 3.59. The van der Waals surface area contributed by atoms with Crippen LogP contribution in [0.5, 0.6) is 0 Å². The van der Waals surface area contributed by atoms with Crippen molar-refractivity contribution in [2.24, 2.45) is 11.3 Å². The number of ketones is 1. The number of rotatable bonds is 4. The van der Waals surface area contributed by atoms with Crippen molar-refractivity contribution in [2.45, 2.75) is 64.4 Å². The molecule has 0 aromatic carbocycles. The van der Waals surface area contributed by atoms with Crippen molar-refractivity contribution in [3.63, 3.8) is 0 Å². The van der Waals surface area contributed by atoms with E-state index in [1.165, 1.54) is 0 Å². The molecule has 1 fully saturated rings. The Bertz CT molecular complexity index is 249. The van der Waals surface area contributed by atoms with Gasteiger partial charge >= 0.3 is 0 Å². The molecule has 0 N–H and O–H groups in total. The minimum Gasteiger partial charge on any atom is -0.299 e. The van der Waals surface area contributed by atoms with Crippen molar-refractivity contribution in [1.82, 2.24) is 0 Å². The Balaban J connectivity index is 2.57. The van der Waals surface area contributed by atoms with E-state index in [0.717, 1.165) is 12.8 Å². The highest BCUT2D eigenvalue weighted by atomic mass is 32.2. The summed E-state index contributed by atoms with van der Waals surface area (Å²) in [5, 5.41) is 0.661. The van der Waals surface area contributed by atoms with Crippen molar-refractivity contribution < 1.29 is 4.79 Å². The fourth-order valence-corrected chi connectivity index (χ4v) is 5.06. The number of carbonyl (C=O) groups excluding carboxylic acids is 1. The highest BCUT2D eigenvalue weighted by Gasteiger charge is 2.53. The molecule has 0 aliphatic heterocycles. The van der Waals surface area contributed by atoms with Crippen LogP contribution in [0.15, 0.2) is 0 Å². The Labute approximate surface area is 98.4 Å². The van der Waals surface area contributed by atoms with Crippen molar-refractivity contribution in [3.05, 3.63) is 0 Å². The standard InChI is InChI=1S/C13H24OS/c1-9(2)11(14)12(5)7-13(6,8-12)15-10(3)4/h9-10H,7-8H2,1-6H3. The van der Waals surface area contributed by atoms with Crippen LogP contribution < -0.4 is 0 Å². The molecule has 0 aromatic rings. The summed E-state index contributed by atoms with van der Waals surface area (Å²) in [5.41, 5.74) is -0.0369. The minimum atomic E-state index is -0.0369. The van der Waals surface area contributed by atoms with Gasteiger partial charge in [0.15, 0.2) is 0 Å². The second-order valence-corrected chi connectivity index (χ2v) is 8.21. The molecular formula is C13H24OS. The van der Waals surface area contributed by atoms with Crippen molar-refractivity contribution >= 4 is 17.5 Å². The van der Waals surface area contributed by atoms with Gasteiger partial charge < -0.3 is 0 Å². The molecule has 1 nitrogen and oxygen atoms in total. The van der Waals surface area contributed by atoms with Gasteiger partial charge in [0.25, 0.3) is 0 Å². The van der Waals surface area contributed by atoms with E-state index in [1.54, 1.807) is 0 Å². The van der Waals surface area contributed by atoms with Crippen molar-refractivity contribution in [2.75, 3.05) is 0 Å². The van der Waals surface area contributed by atoms with Crippen LogP contribution >= 0.6 is 11.8 Å². The third-order valence-electron chi connectivity index (χ3n) is 3.17. The van der Waals surface area contributed by atoms with Crippen LogP contribution in [-0.2, 0) is 4.79 Å². The van der Waals surface area contributed by atoms with Crippen LogP contribution in [0.4, 0.5) is 0 Å². The third-order valence-corrected chi connectivity index (χ3v) is 4.50. The van der Waals surface area contributed by atoms with E-state index in [2.05, 4.69) is 27.7 Å². The molecule has 1 aliphatic carbocycles. The van der Waals surface area contributed by atoms with E-state index in [-0.39, 0.29) is 11.3 Å². The quantitative estimate of drug-likeness (QED) is 0.725. The summed E-state index contributed by atoms with van der Waals surface area (Å²) < 4.78 is 0.341. The van der Waals surface area contributed by atoms with Crippen LogP contribution in [0, 0.1) is 11.3 Å². The molecular weight excluding hydrogens is 204 g/mol. The molecule has 0 unspecified atom stereocenters. The average Bonchev–Trinajstić information content (AvgIpc) is 1.97. The molecule has 0 atom stereocenters. The second-order valence-electron chi connectivity index (χ2n) is 6.05. The van der Waals surface area contributed by atoms with Gasteiger partial charge in [-0.05, 0) is 18.1 Å². The molecule has 0 radical (unpaired) electrons. The minimum absolute atomic E-state index is 0.0369. The summed E-state index contributed by atoms with van der Waals surface area (Å²) in [7, 11) is 0. The van der Waals surface area contributed by atoms with Gasteiger partial charge in [-0.3, -0.25) is 4.79 Å². The first-order chi connectivity index (χ1) is 6.68. The topological polar surface area (TPSA) is 17.1 Å². The van der Waals surface area contributed by atoms with Gasteiger partial charge in [-0.25, -0.2) is 0 Å². The number of carbonyl (C=O) groups is 1. The van der Waals surface area contributed by atoms with Gasteiger partial charge in [0.2, 0.25) is 0 Å². The molecule has 1 saturated carbocycles. The average molecular weight is 228 g/mol. The fraction of sp³-hybridized carbons (Fsp3) is 0.923. The molecule has 0 bridgehead atoms. The Morgan fingerprint density at radius 3 is 1.93 bits per heavy atom. The summed E-state index contributed by atoms with van der Waals surface area (Å²) in [6.07, 6.45) is 2.11. The van der Waals surface area contributed by atoms with E-state index in [9.17, 15) is 4.79 Å². The predicted molar refractivity (Wildman–Crippen MR) is 68.3 cm³/mol. The third kappa shape index (κ3) is 2.77. The maximum Gasteiger partial charge on any atom is 0.141 e. The number of hydrogen-bond donors (Lipinski definition) is 0. The largest absolute Gasteiger partial charge is 0.299 e. The number of Topliss-reactive ketones (excluding diaryl/α,β-unsaturated/α-hetero) is 1. The molecule has 0 heterocycles. The van der Waals surface area contributed by atoms with Gasteiger partial charge in [0.05, 0.1) is 0 Å². The monoisotopic (exact) mass is 228 g/mol.